The summed E-state index contributed by atoms with van der Waals surface area (Å²) in [6, 6.07) is 4.03. The number of hydrogen-bond donors (Lipinski definition) is 0. The smallest absolute Gasteiger partial charge is 0.243 e. The molecule has 0 aromatic heterocycles. The summed E-state index contributed by atoms with van der Waals surface area (Å²) in [6.45, 7) is 4.11. The lowest BCUT2D eigenvalue weighted by molar-refractivity contribution is -0.136. The van der Waals surface area contributed by atoms with E-state index in [1.54, 1.807) is 37.9 Å². The summed E-state index contributed by atoms with van der Waals surface area (Å²) in [4.78, 5) is 13.7. The van der Waals surface area contributed by atoms with E-state index < -0.39 is 16.1 Å². The van der Waals surface area contributed by atoms with Gasteiger partial charge in [-0.3, -0.25) is 4.79 Å². The second-order valence-corrected chi connectivity index (χ2v) is 7.07. The van der Waals surface area contributed by atoms with Crippen LogP contribution in [0.3, 0.4) is 0 Å². The van der Waals surface area contributed by atoms with Crippen molar-refractivity contribution in [2.45, 2.75) is 24.8 Å². The lowest BCUT2D eigenvalue weighted by Crippen LogP contribution is -2.56. The first-order valence-corrected chi connectivity index (χ1v) is 8.14. The number of likely N-dealkylation sites (N-methyl/N-ethyl adjacent to an activating group) is 1. The average molecular weight is 312 g/mol. The Morgan fingerprint density at radius 2 is 1.95 bits per heavy atom. The molecule has 1 atom stereocenters. The van der Waals surface area contributed by atoms with E-state index in [1.165, 1.54) is 17.5 Å². The van der Waals surface area contributed by atoms with E-state index in [-0.39, 0.29) is 10.8 Å². The molecule has 1 aromatic carbocycles. The van der Waals surface area contributed by atoms with Gasteiger partial charge in [0.15, 0.2) is 0 Å². The molecule has 2 rings (SSSR count). The number of benzene rings is 1. The standard InChI is InChI=1S/C14H20N2O4S/c1-10-9-12(5-6-13(10)20-4)21(18,19)16-8-7-15(3)14(17)11(16)2/h5-6,9,11H,7-8H2,1-4H3. The number of hydrogen-bond acceptors (Lipinski definition) is 4. The molecule has 1 aliphatic heterocycles. The maximum absolute atomic E-state index is 12.7. The number of amides is 1. The highest BCUT2D eigenvalue weighted by molar-refractivity contribution is 7.89. The lowest BCUT2D eigenvalue weighted by atomic mass is 10.2. The Morgan fingerprint density at radius 1 is 1.29 bits per heavy atom. The second-order valence-electron chi connectivity index (χ2n) is 5.18. The quantitative estimate of drug-likeness (QED) is 0.830. The fraction of sp³-hybridized carbons (Fsp3) is 0.500. The fourth-order valence-corrected chi connectivity index (χ4v) is 4.13. The molecule has 1 aliphatic rings. The van der Waals surface area contributed by atoms with Gasteiger partial charge in [-0.05, 0) is 37.6 Å². The molecule has 1 saturated heterocycles. The molecule has 0 spiro atoms. The van der Waals surface area contributed by atoms with Crippen molar-refractivity contribution in [1.29, 1.82) is 0 Å². The Hall–Kier alpha value is -1.60. The molecule has 7 heteroatoms. The van der Waals surface area contributed by atoms with Crippen LogP contribution in [0.5, 0.6) is 5.75 Å². The van der Waals surface area contributed by atoms with Crippen molar-refractivity contribution in [3.8, 4) is 5.75 Å². The van der Waals surface area contributed by atoms with Crippen LogP contribution in [0, 0.1) is 6.92 Å². The zero-order chi connectivity index (χ0) is 15.8. The molecule has 1 fully saturated rings. The Labute approximate surface area is 125 Å². The molecule has 1 unspecified atom stereocenters. The van der Waals surface area contributed by atoms with Crippen molar-refractivity contribution < 1.29 is 17.9 Å². The van der Waals surface area contributed by atoms with Crippen molar-refractivity contribution in [2.24, 2.45) is 0 Å². The molecule has 0 N–H and O–H groups in total. The molecule has 1 heterocycles. The van der Waals surface area contributed by atoms with Gasteiger partial charge in [0.1, 0.15) is 11.8 Å². The second kappa shape index (κ2) is 5.65. The zero-order valence-corrected chi connectivity index (χ0v) is 13.5. The van der Waals surface area contributed by atoms with Crippen LogP contribution in [0.2, 0.25) is 0 Å². The Kier molecular flexibility index (Phi) is 4.25. The van der Waals surface area contributed by atoms with Crippen LogP contribution in [0.4, 0.5) is 0 Å². The SMILES string of the molecule is COc1ccc(S(=O)(=O)N2CCN(C)C(=O)C2C)cc1C. The number of carbonyl (C=O) groups excluding carboxylic acids is 1. The minimum Gasteiger partial charge on any atom is -0.496 e. The van der Waals surface area contributed by atoms with Crippen molar-refractivity contribution in [3.63, 3.8) is 0 Å². The number of methoxy groups -OCH3 is 1. The van der Waals surface area contributed by atoms with Gasteiger partial charge < -0.3 is 9.64 Å². The third kappa shape index (κ3) is 2.75. The fourth-order valence-electron chi connectivity index (χ4n) is 2.47. The Balaban J connectivity index is 2.38. The molecule has 0 saturated carbocycles. The zero-order valence-electron chi connectivity index (χ0n) is 12.7. The van der Waals surface area contributed by atoms with Crippen LogP contribution >= 0.6 is 0 Å². The molecule has 1 amide bonds. The van der Waals surface area contributed by atoms with E-state index in [0.717, 1.165) is 5.56 Å². The van der Waals surface area contributed by atoms with E-state index >= 15 is 0 Å². The minimum atomic E-state index is -3.68. The molecular formula is C14H20N2O4S. The highest BCUT2D eigenvalue weighted by atomic mass is 32.2. The number of ether oxygens (including phenoxy) is 1. The van der Waals surface area contributed by atoms with Crippen LogP contribution in [0.15, 0.2) is 23.1 Å². The minimum absolute atomic E-state index is 0.185. The van der Waals surface area contributed by atoms with E-state index in [1.807, 2.05) is 0 Å². The van der Waals surface area contributed by atoms with Crippen LogP contribution in [-0.2, 0) is 14.8 Å². The van der Waals surface area contributed by atoms with Gasteiger partial charge in [-0.1, -0.05) is 0 Å². The molecule has 1 aromatic rings. The molecule has 0 radical (unpaired) electrons. The largest absolute Gasteiger partial charge is 0.496 e. The van der Waals surface area contributed by atoms with Gasteiger partial charge >= 0.3 is 0 Å². The summed E-state index contributed by atoms with van der Waals surface area (Å²) in [5.41, 5.74) is 0.742. The molecule has 116 valence electrons. The van der Waals surface area contributed by atoms with Gasteiger partial charge in [-0.25, -0.2) is 8.42 Å². The van der Waals surface area contributed by atoms with Gasteiger partial charge in [-0.2, -0.15) is 4.31 Å². The monoisotopic (exact) mass is 312 g/mol. The lowest BCUT2D eigenvalue weighted by Gasteiger charge is -2.36. The van der Waals surface area contributed by atoms with Gasteiger partial charge in [-0.15, -0.1) is 0 Å². The topological polar surface area (TPSA) is 66.9 Å². The van der Waals surface area contributed by atoms with Crippen LogP contribution in [0.1, 0.15) is 12.5 Å². The van der Waals surface area contributed by atoms with E-state index in [4.69, 9.17) is 4.74 Å². The van der Waals surface area contributed by atoms with Crippen molar-refractivity contribution in [3.05, 3.63) is 23.8 Å². The first-order chi connectivity index (χ1) is 9.78. The van der Waals surface area contributed by atoms with Crippen molar-refractivity contribution >= 4 is 15.9 Å². The van der Waals surface area contributed by atoms with E-state index in [2.05, 4.69) is 0 Å². The first kappa shape index (κ1) is 15.8. The summed E-state index contributed by atoms with van der Waals surface area (Å²) < 4.78 is 31.8. The highest BCUT2D eigenvalue weighted by Crippen LogP contribution is 2.26. The van der Waals surface area contributed by atoms with Crippen molar-refractivity contribution in [2.75, 3.05) is 27.2 Å². The van der Waals surface area contributed by atoms with Crippen LogP contribution in [0.25, 0.3) is 0 Å². The summed E-state index contributed by atoms with van der Waals surface area (Å²) >= 11 is 0. The van der Waals surface area contributed by atoms with Gasteiger partial charge in [0, 0.05) is 20.1 Å². The number of sulfonamides is 1. The average Bonchev–Trinajstić information content (AvgIpc) is 2.44. The van der Waals surface area contributed by atoms with Crippen LogP contribution < -0.4 is 4.74 Å². The highest BCUT2D eigenvalue weighted by Gasteiger charge is 2.37. The molecule has 21 heavy (non-hydrogen) atoms. The number of rotatable bonds is 3. The van der Waals surface area contributed by atoms with E-state index in [9.17, 15) is 13.2 Å². The van der Waals surface area contributed by atoms with Gasteiger partial charge in [0.25, 0.3) is 0 Å². The molecule has 6 nitrogen and oxygen atoms in total. The molecule has 0 aliphatic carbocycles. The van der Waals surface area contributed by atoms with Gasteiger partial charge in [0.05, 0.1) is 12.0 Å². The maximum Gasteiger partial charge on any atom is 0.243 e. The maximum atomic E-state index is 12.7. The van der Waals surface area contributed by atoms with E-state index in [0.29, 0.717) is 18.8 Å². The number of nitrogens with zero attached hydrogens (tertiary/aromatic N) is 2. The predicted molar refractivity (Wildman–Crippen MR) is 78.7 cm³/mol. The van der Waals surface area contributed by atoms with Gasteiger partial charge in [0.2, 0.25) is 15.9 Å². The Bertz CT molecular complexity index is 657. The summed E-state index contributed by atoms with van der Waals surface area (Å²) in [5.74, 6) is 0.450. The molecular weight excluding hydrogens is 292 g/mol. The predicted octanol–water partition coefficient (Wildman–Crippen LogP) is 0.855. The summed E-state index contributed by atoms with van der Waals surface area (Å²) in [7, 11) is -0.464. The number of aryl methyl sites for hydroxylation is 1. The normalized spacial score (nSPS) is 20.7. The summed E-state index contributed by atoms with van der Waals surface area (Å²) in [5, 5.41) is 0. The third-order valence-corrected chi connectivity index (χ3v) is 5.76. The van der Waals surface area contributed by atoms with Crippen molar-refractivity contribution in [1.82, 2.24) is 9.21 Å². The first-order valence-electron chi connectivity index (χ1n) is 6.70. The molecule has 0 bridgehead atoms. The third-order valence-electron chi connectivity index (χ3n) is 3.79. The summed E-state index contributed by atoms with van der Waals surface area (Å²) in [6.07, 6.45) is 0. The number of piperazine rings is 1. The Morgan fingerprint density at radius 3 is 2.52 bits per heavy atom. The number of carbonyl (C=O) groups is 1. The van der Waals surface area contributed by atoms with Crippen LogP contribution in [-0.4, -0.2) is 56.8 Å².